The van der Waals surface area contributed by atoms with Crippen molar-refractivity contribution in [3.63, 3.8) is 0 Å². The second-order valence-electron chi connectivity index (χ2n) is 5.04. The number of hydrogen-bond acceptors (Lipinski definition) is 2. The highest BCUT2D eigenvalue weighted by molar-refractivity contribution is 9.09. The Kier molecular flexibility index (Phi) is 5.86. The summed E-state index contributed by atoms with van der Waals surface area (Å²) in [6, 6.07) is 8.75. The zero-order chi connectivity index (χ0) is 13.6. The lowest BCUT2D eigenvalue weighted by molar-refractivity contribution is -0.279. The highest BCUT2D eigenvalue weighted by Crippen LogP contribution is 2.35. The smallest absolute Gasteiger partial charge is 0.194 e. The molecule has 1 aliphatic heterocycles. The predicted octanol–water partition coefficient (Wildman–Crippen LogP) is 4.40. The summed E-state index contributed by atoms with van der Waals surface area (Å²) in [6.07, 6.45) is 5.27. The second kappa shape index (κ2) is 7.41. The molecule has 19 heavy (non-hydrogen) atoms. The standard InChI is InChI=1S/C16H23BrO2/c1-2-5-14-6-8-15(9-7-14)16(10-3-11-17)18-12-4-13-19-16/h6-9H,2-5,10-13H2,1H3. The molecular weight excluding hydrogens is 304 g/mol. The van der Waals surface area contributed by atoms with Crippen LogP contribution in [0.25, 0.3) is 0 Å². The molecule has 106 valence electrons. The lowest BCUT2D eigenvalue weighted by Crippen LogP contribution is -2.38. The van der Waals surface area contributed by atoms with Gasteiger partial charge >= 0.3 is 0 Å². The lowest BCUT2D eigenvalue weighted by atomic mass is 9.97. The average Bonchev–Trinajstić information content (AvgIpc) is 2.47. The zero-order valence-electron chi connectivity index (χ0n) is 11.7. The number of ether oxygens (including phenoxy) is 2. The first kappa shape index (κ1) is 15.0. The first-order chi connectivity index (χ1) is 9.30. The molecule has 0 radical (unpaired) electrons. The molecule has 0 spiro atoms. The maximum absolute atomic E-state index is 6.01. The fourth-order valence-corrected chi connectivity index (χ4v) is 2.82. The molecule has 1 aromatic rings. The summed E-state index contributed by atoms with van der Waals surface area (Å²) in [4.78, 5) is 0. The molecule has 0 aromatic heterocycles. The number of aryl methyl sites for hydroxylation is 1. The van der Waals surface area contributed by atoms with Crippen molar-refractivity contribution in [3.8, 4) is 0 Å². The van der Waals surface area contributed by atoms with Crippen molar-refractivity contribution in [1.29, 1.82) is 0 Å². The third-order valence-electron chi connectivity index (χ3n) is 3.53. The van der Waals surface area contributed by atoms with Crippen LogP contribution < -0.4 is 0 Å². The highest BCUT2D eigenvalue weighted by atomic mass is 79.9. The van der Waals surface area contributed by atoms with Crippen LogP contribution >= 0.6 is 15.9 Å². The monoisotopic (exact) mass is 326 g/mol. The van der Waals surface area contributed by atoms with Gasteiger partial charge in [0, 0.05) is 17.3 Å². The van der Waals surface area contributed by atoms with E-state index in [2.05, 4.69) is 47.1 Å². The Morgan fingerprint density at radius 1 is 1.16 bits per heavy atom. The third-order valence-corrected chi connectivity index (χ3v) is 4.09. The summed E-state index contributed by atoms with van der Waals surface area (Å²) in [5.41, 5.74) is 2.55. The SMILES string of the molecule is CCCc1ccc(C2(CCCBr)OCCCO2)cc1. The van der Waals surface area contributed by atoms with Crippen molar-refractivity contribution in [1.82, 2.24) is 0 Å². The Morgan fingerprint density at radius 3 is 2.42 bits per heavy atom. The zero-order valence-corrected chi connectivity index (χ0v) is 13.2. The van der Waals surface area contributed by atoms with E-state index in [0.29, 0.717) is 0 Å². The molecule has 1 aromatic carbocycles. The largest absolute Gasteiger partial charge is 0.346 e. The van der Waals surface area contributed by atoms with Gasteiger partial charge in [-0.3, -0.25) is 0 Å². The first-order valence-electron chi connectivity index (χ1n) is 7.24. The van der Waals surface area contributed by atoms with E-state index >= 15 is 0 Å². The Balaban J connectivity index is 2.16. The van der Waals surface area contributed by atoms with Crippen molar-refractivity contribution in [2.75, 3.05) is 18.5 Å². The van der Waals surface area contributed by atoms with Gasteiger partial charge in [0.2, 0.25) is 0 Å². The van der Waals surface area contributed by atoms with Crippen LogP contribution in [0.3, 0.4) is 0 Å². The van der Waals surface area contributed by atoms with Gasteiger partial charge < -0.3 is 9.47 Å². The minimum Gasteiger partial charge on any atom is -0.346 e. The maximum atomic E-state index is 6.01. The Morgan fingerprint density at radius 2 is 1.84 bits per heavy atom. The van der Waals surface area contributed by atoms with E-state index in [1.807, 2.05) is 0 Å². The van der Waals surface area contributed by atoms with Crippen molar-refractivity contribution < 1.29 is 9.47 Å². The van der Waals surface area contributed by atoms with E-state index in [9.17, 15) is 0 Å². The van der Waals surface area contributed by atoms with Crippen molar-refractivity contribution in [2.24, 2.45) is 0 Å². The molecule has 0 N–H and O–H groups in total. The van der Waals surface area contributed by atoms with Gasteiger partial charge in [-0.1, -0.05) is 53.5 Å². The molecule has 3 heteroatoms. The molecule has 0 unspecified atom stereocenters. The summed E-state index contributed by atoms with van der Waals surface area (Å²) >= 11 is 3.49. The van der Waals surface area contributed by atoms with Crippen LogP contribution in [0.2, 0.25) is 0 Å². The molecule has 0 aliphatic carbocycles. The van der Waals surface area contributed by atoms with Gasteiger partial charge in [-0.15, -0.1) is 0 Å². The van der Waals surface area contributed by atoms with Crippen molar-refractivity contribution in [2.45, 2.75) is 44.8 Å². The van der Waals surface area contributed by atoms with Crippen LogP contribution in [0.15, 0.2) is 24.3 Å². The average molecular weight is 327 g/mol. The molecule has 2 nitrogen and oxygen atoms in total. The van der Waals surface area contributed by atoms with Gasteiger partial charge in [0.05, 0.1) is 13.2 Å². The van der Waals surface area contributed by atoms with Gasteiger partial charge in [0.1, 0.15) is 0 Å². The minimum absolute atomic E-state index is 0.517. The summed E-state index contributed by atoms with van der Waals surface area (Å²) in [7, 11) is 0. The Labute approximate surface area is 124 Å². The van der Waals surface area contributed by atoms with Gasteiger partial charge in [-0.05, 0) is 24.8 Å². The van der Waals surface area contributed by atoms with E-state index in [-0.39, 0.29) is 0 Å². The normalized spacial score (nSPS) is 18.4. The molecule has 2 rings (SSSR count). The van der Waals surface area contributed by atoms with E-state index in [1.54, 1.807) is 0 Å². The molecule has 1 aliphatic rings. The summed E-state index contributed by atoms with van der Waals surface area (Å²) in [6.45, 7) is 3.79. The van der Waals surface area contributed by atoms with Crippen LogP contribution in [0.1, 0.15) is 43.7 Å². The lowest BCUT2D eigenvalue weighted by Gasteiger charge is -2.37. The molecule has 0 amide bonds. The van der Waals surface area contributed by atoms with E-state index in [0.717, 1.165) is 49.8 Å². The Hall–Kier alpha value is -0.380. The van der Waals surface area contributed by atoms with Crippen LogP contribution in [0, 0.1) is 0 Å². The van der Waals surface area contributed by atoms with Crippen LogP contribution in [0.5, 0.6) is 0 Å². The Bertz CT molecular complexity index is 369. The fourth-order valence-electron chi connectivity index (χ4n) is 2.54. The molecular formula is C16H23BrO2. The van der Waals surface area contributed by atoms with Crippen molar-refractivity contribution in [3.05, 3.63) is 35.4 Å². The summed E-state index contributed by atoms with van der Waals surface area (Å²) in [5, 5.41) is 0.982. The van der Waals surface area contributed by atoms with Crippen LogP contribution in [-0.2, 0) is 21.7 Å². The van der Waals surface area contributed by atoms with E-state index in [4.69, 9.17) is 9.47 Å². The topological polar surface area (TPSA) is 18.5 Å². The molecule has 1 heterocycles. The quantitative estimate of drug-likeness (QED) is 0.721. The molecule has 0 atom stereocenters. The van der Waals surface area contributed by atoms with Crippen LogP contribution in [0.4, 0.5) is 0 Å². The number of halogens is 1. The van der Waals surface area contributed by atoms with Gasteiger partial charge in [0.15, 0.2) is 5.79 Å². The number of benzene rings is 1. The van der Waals surface area contributed by atoms with E-state index < -0.39 is 5.79 Å². The molecule has 0 bridgehead atoms. The predicted molar refractivity (Wildman–Crippen MR) is 81.7 cm³/mol. The van der Waals surface area contributed by atoms with Gasteiger partial charge in [-0.25, -0.2) is 0 Å². The molecule has 0 saturated carbocycles. The maximum Gasteiger partial charge on any atom is 0.194 e. The van der Waals surface area contributed by atoms with E-state index in [1.165, 1.54) is 12.0 Å². The summed E-state index contributed by atoms with van der Waals surface area (Å²) < 4.78 is 12.0. The highest BCUT2D eigenvalue weighted by Gasteiger charge is 2.35. The van der Waals surface area contributed by atoms with Gasteiger partial charge in [0.25, 0.3) is 0 Å². The number of hydrogen-bond donors (Lipinski definition) is 0. The fraction of sp³-hybridized carbons (Fsp3) is 0.625. The van der Waals surface area contributed by atoms with Crippen LogP contribution in [-0.4, -0.2) is 18.5 Å². The number of rotatable bonds is 6. The molecule has 1 fully saturated rings. The third kappa shape index (κ3) is 3.80. The molecule has 1 saturated heterocycles. The second-order valence-corrected chi connectivity index (χ2v) is 5.84. The van der Waals surface area contributed by atoms with Gasteiger partial charge in [-0.2, -0.15) is 0 Å². The summed E-state index contributed by atoms with van der Waals surface area (Å²) in [5.74, 6) is -0.517. The van der Waals surface area contributed by atoms with Crippen molar-refractivity contribution >= 4 is 15.9 Å². The first-order valence-corrected chi connectivity index (χ1v) is 8.36. The number of alkyl halides is 1. The minimum atomic E-state index is -0.517.